The Morgan fingerprint density at radius 3 is 2.02 bits per heavy atom. The summed E-state index contributed by atoms with van der Waals surface area (Å²) < 4.78 is 81.6. The molecule has 3 heterocycles. The average molecular weight is 635 g/mol. The second-order valence-corrected chi connectivity index (χ2v) is 11.8. The van der Waals surface area contributed by atoms with Gasteiger partial charge < -0.3 is 19.8 Å². The molecule has 236 valence electrons. The lowest BCUT2D eigenvalue weighted by atomic mass is 9.82. The number of aliphatic hydroxyl groups is 1. The molecule has 2 aliphatic rings. The highest BCUT2D eigenvalue weighted by molar-refractivity contribution is 6.33. The number of pyridine rings is 1. The number of aromatic nitrogens is 1. The molecule has 0 radical (unpaired) electrons. The van der Waals surface area contributed by atoms with Gasteiger partial charge in [0.1, 0.15) is 5.69 Å². The highest BCUT2D eigenvalue weighted by atomic mass is 35.5. The molecule has 1 aromatic heterocycles. The molecule has 1 N–H and O–H groups in total. The van der Waals surface area contributed by atoms with Crippen molar-refractivity contribution in [3.05, 3.63) is 58.4 Å². The fourth-order valence-corrected chi connectivity index (χ4v) is 6.04. The molecule has 2 aromatic rings. The summed E-state index contributed by atoms with van der Waals surface area (Å²) in [6.07, 6.45) is -5.47. The Labute approximate surface area is 250 Å². The Balaban J connectivity index is 1.33. The molecule has 2 amide bonds. The van der Waals surface area contributed by atoms with Crippen LogP contribution in [-0.4, -0.2) is 78.2 Å². The van der Waals surface area contributed by atoms with Crippen LogP contribution in [0.2, 0.25) is 5.02 Å². The number of carbonyl (C=O) groups is 2. The van der Waals surface area contributed by atoms with Crippen molar-refractivity contribution in [2.45, 2.75) is 50.1 Å². The standard InChI is InChI=1S/C29H33ClF6N4O3/c1-38(2)25(41)24-23(30)16-22(17-37-24)39-10-6-18(7-11-39)14-19-8-12-40(13-9-19)26(42)27(43,29(34,35)36)20-4-3-5-21(15-20)28(31,32)33/h3-5,15-19,43H,6-14H2,1-2H3. The third-order valence-electron chi connectivity index (χ3n) is 8.31. The minimum absolute atomic E-state index is 0.0398. The number of hydrogen-bond acceptors (Lipinski definition) is 5. The number of nitrogens with zero attached hydrogens (tertiary/aromatic N) is 4. The van der Waals surface area contributed by atoms with Gasteiger partial charge in [-0.2, -0.15) is 26.3 Å². The lowest BCUT2D eigenvalue weighted by molar-refractivity contribution is -0.262. The molecule has 1 atom stereocenters. The monoisotopic (exact) mass is 634 g/mol. The van der Waals surface area contributed by atoms with Crippen molar-refractivity contribution in [3.63, 3.8) is 0 Å². The number of carbonyl (C=O) groups excluding carboxylic acids is 2. The first kappa shape index (κ1) is 32.8. The van der Waals surface area contributed by atoms with Crippen LogP contribution in [0.4, 0.5) is 32.0 Å². The summed E-state index contributed by atoms with van der Waals surface area (Å²) in [7, 11) is 3.23. The molecule has 2 fully saturated rings. The highest BCUT2D eigenvalue weighted by Crippen LogP contribution is 2.43. The average Bonchev–Trinajstić information content (AvgIpc) is 2.95. The van der Waals surface area contributed by atoms with E-state index >= 15 is 0 Å². The Kier molecular flexibility index (Phi) is 9.55. The summed E-state index contributed by atoms with van der Waals surface area (Å²) in [6.45, 7) is 1.39. The van der Waals surface area contributed by atoms with Crippen molar-refractivity contribution in [1.82, 2.24) is 14.8 Å². The summed E-state index contributed by atoms with van der Waals surface area (Å²) in [4.78, 5) is 33.9. The van der Waals surface area contributed by atoms with Crippen molar-refractivity contribution < 1.29 is 41.0 Å². The van der Waals surface area contributed by atoms with Gasteiger partial charge in [0.15, 0.2) is 0 Å². The van der Waals surface area contributed by atoms with Crippen LogP contribution in [0, 0.1) is 11.8 Å². The van der Waals surface area contributed by atoms with E-state index in [2.05, 4.69) is 9.88 Å². The van der Waals surface area contributed by atoms with Crippen LogP contribution < -0.4 is 4.90 Å². The second-order valence-electron chi connectivity index (χ2n) is 11.4. The number of halogens is 7. The third-order valence-corrected chi connectivity index (χ3v) is 8.60. The van der Waals surface area contributed by atoms with Crippen LogP contribution in [0.5, 0.6) is 0 Å². The minimum atomic E-state index is -5.53. The van der Waals surface area contributed by atoms with E-state index < -0.39 is 35.0 Å². The molecule has 43 heavy (non-hydrogen) atoms. The number of benzene rings is 1. The summed E-state index contributed by atoms with van der Waals surface area (Å²) in [6, 6.07) is 3.90. The van der Waals surface area contributed by atoms with E-state index in [4.69, 9.17) is 11.6 Å². The molecule has 2 saturated heterocycles. The molecule has 0 spiro atoms. The molecule has 1 unspecified atom stereocenters. The molecule has 14 heteroatoms. The largest absolute Gasteiger partial charge is 0.430 e. The van der Waals surface area contributed by atoms with E-state index in [1.54, 1.807) is 26.4 Å². The Morgan fingerprint density at radius 1 is 0.953 bits per heavy atom. The van der Waals surface area contributed by atoms with Gasteiger partial charge in [0.05, 0.1) is 22.5 Å². The fourth-order valence-electron chi connectivity index (χ4n) is 5.80. The van der Waals surface area contributed by atoms with Crippen molar-refractivity contribution in [3.8, 4) is 0 Å². The highest BCUT2D eigenvalue weighted by Gasteiger charge is 2.62. The number of amides is 2. The van der Waals surface area contributed by atoms with Crippen LogP contribution >= 0.6 is 11.6 Å². The van der Waals surface area contributed by atoms with Crippen LogP contribution in [0.1, 0.15) is 53.7 Å². The van der Waals surface area contributed by atoms with Crippen LogP contribution in [-0.2, 0) is 16.6 Å². The van der Waals surface area contributed by atoms with Gasteiger partial charge in [-0.3, -0.25) is 9.59 Å². The van der Waals surface area contributed by atoms with Gasteiger partial charge in [-0.15, -0.1) is 0 Å². The Bertz CT molecular complexity index is 1320. The molecule has 1 aromatic carbocycles. The Morgan fingerprint density at radius 2 is 1.51 bits per heavy atom. The van der Waals surface area contributed by atoms with Gasteiger partial charge in [0, 0.05) is 45.8 Å². The van der Waals surface area contributed by atoms with Crippen molar-refractivity contribution >= 4 is 29.1 Å². The maximum atomic E-state index is 14.1. The lowest BCUT2D eigenvalue weighted by Gasteiger charge is -2.40. The maximum Gasteiger partial charge on any atom is 0.430 e. The zero-order valence-corrected chi connectivity index (χ0v) is 24.4. The molecular weight excluding hydrogens is 602 g/mol. The van der Waals surface area contributed by atoms with Crippen LogP contribution in [0.3, 0.4) is 0 Å². The first-order chi connectivity index (χ1) is 20.0. The van der Waals surface area contributed by atoms with Gasteiger partial charge in [0.2, 0.25) is 0 Å². The molecule has 7 nitrogen and oxygen atoms in total. The van der Waals surface area contributed by atoms with E-state index in [-0.39, 0.29) is 41.7 Å². The van der Waals surface area contributed by atoms with Crippen LogP contribution in [0.15, 0.2) is 36.5 Å². The number of rotatable bonds is 6. The first-order valence-electron chi connectivity index (χ1n) is 13.9. The minimum Gasteiger partial charge on any atom is -0.370 e. The zero-order chi connectivity index (χ0) is 31.7. The number of piperidine rings is 2. The lowest BCUT2D eigenvalue weighted by Crippen LogP contribution is -2.57. The van der Waals surface area contributed by atoms with E-state index in [1.807, 2.05) is 0 Å². The smallest absolute Gasteiger partial charge is 0.370 e. The van der Waals surface area contributed by atoms with E-state index in [0.29, 0.717) is 30.9 Å². The van der Waals surface area contributed by atoms with Crippen LogP contribution in [0.25, 0.3) is 0 Å². The van der Waals surface area contributed by atoms with Gasteiger partial charge >= 0.3 is 12.4 Å². The molecule has 0 aliphatic carbocycles. The van der Waals surface area contributed by atoms with E-state index in [0.717, 1.165) is 49.0 Å². The zero-order valence-electron chi connectivity index (χ0n) is 23.7. The quantitative estimate of drug-likeness (QED) is 0.410. The molecule has 2 aliphatic heterocycles. The molecular formula is C29H33ClF6N4O3. The van der Waals surface area contributed by atoms with Gasteiger partial charge in [-0.05, 0) is 62.1 Å². The first-order valence-corrected chi connectivity index (χ1v) is 14.3. The molecule has 4 rings (SSSR count). The second kappa shape index (κ2) is 12.5. The maximum absolute atomic E-state index is 14.1. The fraction of sp³-hybridized carbons (Fsp3) is 0.552. The third kappa shape index (κ3) is 7.03. The van der Waals surface area contributed by atoms with Crippen molar-refractivity contribution in [2.24, 2.45) is 11.8 Å². The summed E-state index contributed by atoms with van der Waals surface area (Å²) >= 11 is 6.30. The molecule has 0 saturated carbocycles. The topological polar surface area (TPSA) is 77.0 Å². The number of likely N-dealkylation sites (tertiary alicyclic amines) is 1. The SMILES string of the molecule is CN(C)C(=O)c1ncc(N2CCC(CC3CCN(C(=O)C(O)(c4cccc(C(F)(F)F)c4)C(F)(F)F)CC3)CC2)cc1Cl. The predicted molar refractivity (Wildman–Crippen MR) is 148 cm³/mol. The van der Waals surface area contributed by atoms with E-state index in [1.165, 1.54) is 4.90 Å². The summed E-state index contributed by atoms with van der Waals surface area (Å²) in [5, 5.41) is 10.9. The predicted octanol–water partition coefficient (Wildman–Crippen LogP) is 5.75. The van der Waals surface area contributed by atoms with Gasteiger partial charge in [-0.25, -0.2) is 4.98 Å². The van der Waals surface area contributed by atoms with Gasteiger partial charge in [-0.1, -0.05) is 23.7 Å². The normalized spacial score (nSPS) is 18.8. The van der Waals surface area contributed by atoms with Crippen molar-refractivity contribution in [1.29, 1.82) is 0 Å². The number of alkyl halides is 6. The van der Waals surface area contributed by atoms with E-state index in [9.17, 15) is 41.0 Å². The summed E-state index contributed by atoms with van der Waals surface area (Å²) in [5.41, 5.74) is -5.66. The number of anilines is 1. The number of hydrogen-bond donors (Lipinski definition) is 1. The summed E-state index contributed by atoms with van der Waals surface area (Å²) in [5.74, 6) is -1.45. The Hall–Kier alpha value is -3.06. The molecule has 0 bridgehead atoms. The van der Waals surface area contributed by atoms with Gasteiger partial charge in [0.25, 0.3) is 17.4 Å². The van der Waals surface area contributed by atoms with Crippen molar-refractivity contribution in [2.75, 3.05) is 45.2 Å².